The van der Waals surface area contributed by atoms with Crippen LogP contribution >= 0.6 is 0 Å². The van der Waals surface area contributed by atoms with E-state index in [0.717, 1.165) is 28.7 Å². The average Bonchev–Trinajstić information content (AvgIpc) is 3.42. The van der Waals surface area contributed by atoms with Crippen LogP contribution in [0.5, 0.6) is 5.75 Å². The van der Waals surface area contributed by atoms with Crippen molar-refractivity contribution in [1.29, 1.82) is 5.41 Å². The summed E-state index contributed by atoms with van der Waals surface area (Å²) in [5.74, 6) is 0.00292. The van der Waals surface area contributed by atoms with E-state index in [2.05, 4.69) is 20.8 Å². The Morgan fingerprint density at radius 3 is 2.37 bits per heavy atom. The van der Waals surface area contributed by atoms with Gasteiger partial charge in [0.1, 0.15) is 17.8 Å². The minimum absolute atomic E-state index is 0.0248. The Morgan fingerprint density at radius 1 is 1.02 bits per heavy atom. The second-order valence-corrected chi connectivity index (χ2v) is 10.9. The fraction of sp³-hybridized carbons (Fsp3) is 0.452. The Balaban J connectivity index is 1.83. The number of unbranched alkanes of at least 4 members (excludes halogenated alkanes) is 1. The molecule has 12 heteroatoms. The molecule has 3 aromatic rings. The molecule has 1 heterocycles. The van der Waals surface area contributed by atoms with Gasteiger partial charge in [0, 0.05) is 19.3 Å². The van der Waals surface area contributed by atoms with Crippen molar-refractivity contribution in [2.24, 2.45) is 17.2 Å². The van der Waals surface area contributed by atoms with E-state index in [9.17, 15) is 14.7 Å². The molecule has 43 heavy (non-hydrogen) atoms. The smallest absolute Gasteiger partial charge is 0.249 e. The molecule has 3 atom stereocenters. The number of benzene rings is 2. The summed E-state index contributed by atoms with van der Waals surface area (Å²) >= 11 is 0. The first-order valence-electron chi connectivity index (χ1n) is 14.6. The van der Waals surface area contributed by atoms with E-state index < -0.39 is 29.9 Å². The number of nitrogens with one attached hydrogen (secondary N) is 3. The fourth-order valence-electron chi connectivity index (χ4n) is 4.91. The Hall–Kier alpha value is -4.29. The monoisotopic (exact) mass is 592 g/mol. The summed E-state index contributed by atoms with van der Waals surface area (Å²) in [6, 6.07) is 10.5. The molecule has 0 saturated carbocycles. The highest BCUT2D eigenvalue weighted by Gasteiger charge is 2.29. The molecule has 0 radical (unpaired) electrons. The van der Waals surface area contributed by atoms with E-state index in [0.29, 0.717) is 50.9 Å². The zero-order valence-corrected chi connectivity index (χ0v) is 24.9. The molecule has 1 aromatic heterocycles. The van der Waals surface area contributed by atoms with E-state index >= 15 is 0 Å². The van der Waals surface area contributed by atoms with Crippen molar-refractivity contribution >= 4 is 17.6 Å². The van der Waals surface area contributed by atoms with Crippen molar-refractivity contribution in [3.8, 4) is 5.75 Å². The van der Waals surface area contributed by atoms with Gasteiger partial charge in [-0.15, -0.1) is 0 Å². The normalized spacial score (nSPS) is 13.2. The number of carbonyl (C=O) groups is 2. The van der Waals surface area contributed by atoms with Crippen LogP contribution in [0, 0.1) is 19.3 Å². The number of amides is 2. The van der Waals surface area contributed by atoms with Crippen molar-refractivity contribution in [3.63, 3.8) is 0 Å². The number of aromatic nitrogens is 2. The molecular formula is C31H44N8O4. The van der Waals surface area contributed by atoms with Crippen LogP contribution in [0.25, 0.3) is 0 Å². The number of carbonyl (C=O) groups excluding carboxylic acids is 2. The van der Waals surface area contributed by atoms with Crippen LogP contribution < -0.4 is 27.8 Å². The molecular weight excluding hydrogens is 548 g/mol. The number of amidine groups is 1. The van der Waals surface area contributed by atoms with Crippen LogP contribution in [0.1, 0.15) is 78.5 Å². The quantitative estimate of drug-likeness (QED) is 0.0694. The molecule has 0 saturated heterocycles. The molecule has 10 N–H and O–H groups in total. The van der Waals surface area contributed by atoms with Crippen LogP contribution in [-0.4, -0.2) is 51.5 Å². The van der Waals surface area contributed by atoms with Crippen LogP contribution in [0.2, 0.25) is 0 Å². The zero-order valence-electron chi connectivity index (χ0n) is 24.9. The van der Waals surface area contributed by atoms with E-state index in [-0.39, 0.29) is 23.9 Å². The second-order valence-electron chi connectivity index (χ2n) is 10.9. The van der Waals surface area contributed by atoms with Crippen molar-refractivity contribution in [3.05, 3.63) is 76.4 Å². The molecule has 232 valence electrons. The lowest BCUT2D eigenvalue weighted by Gasteiger charge is -2.24. The van der Waals surface area contributed by atoms with Gasteiger partial charge in [-0.05, 0) is 86.9 Å². The standard InChI is InChI=1S/C31H44N8O4/c1-19-15-22(40)16-20(2)23(19)18-26(37-29(41)24(33)11-8-13-27(34)35)30(42)36-25(12-6-7-14-32)31-38-28(39-43-31)17-21-9-4-3-5-10-21/h3-5,9-10,15-16,24-26,40H,6-8,11-14,17-18,32-33H2,1-2H3,(H3,34,35)(H,36,42)(H,37,41)/t24-,25+,26+/m1/s1. The van der Waals surface area contributed by atoms with E-state index in [1.807, 2.05) is 44.2 Å². The van der Waals surface area contributed by atoms with Gasteiger partial charge < -0.3 is 37.5 Å². The SMILES string of the molecule is Cc1cc(O)cc(C)c1C[C@H](NC(=O)[C@H](N)CCCC(=N)N)C(=O)N[C@@H](CCCCN)c1nc(Cc2ccccc2)no1. The summed E-state index contributed by atoms with van der Waals surface area (Å²) in [7, 11) is 0. The van der Waals surface area contributed by atoms with Crippen LogP contribution in [0.3, 0.4) is 0 Å². The Labute approximate surface area is 252 Å². The first-order chi connectivity index (χ1) is 20.6. The number of aryl methyl sites for hydroxylation is 2. The minimum Gasteiger partial charge on any atom is -0.508 e. The molecule has 2 aromatic carbocycles. The molecule has 12 nitrogen and oxygen atoms in total. The van der Waals surface area contributed by atoms with E-state index in [4.69, 9.17) is 27.1 Å². The number of nitrogens with two attached hydrogens (primary N) is 3. The second kappa shape index (κ2) is 16.4. The molecule has 0 unspecified atom stereocenters. The number of nitrogens with zero attached hydrogens (tertiary/aromatic N) is 2. The highest BCUT2D eigenvalue weighted by atomic mass is 16.5. The van der Waals surface area contributed by atoms with Gasteiger partial charge in [-0.25, -0.2) is 0 Å². The molecule has 0 aliphatic heterocycles. The predicted molar refractivity (Wildman–Crippen MR) is 164 cm³/mol. The lowest BCUT2D eigenvalue weighted by molar-refractivity contribution is -0.130. The summed E-state index contributed by atoms with van der Waals surface area (Å²) in [6.07, 6.45) is 3.75. The van der Waals surface area contributed by atoms with Crippen molar-refractivity contribution in [2.75, 3.05) is 6.54 Å². The third-order valence-electron chi connectivity index (χ3n) is 7.27. The Kier molecular flexibility index (Phi) is 12.6. The van der Waals surface area contributed by atoms with Crippen molar-refractivity contribution in [2.45, 2.75) is 83.3 Å². The average molecular weight is 593 g/mol. The van der Waals surface area contributed by atoms with E-state index in [1.165, 1.54) is 0 Å². The van der Waals surface area contributed by atoms with E-state index in [1.54, 1.807) is 12.1 Å². The maximum atomic E-state index is 13.8. The molecule has 2 amide bonds. The highest BCUT2D eigenvalue weighted by molar-refractivity contribution is 5.90. The van der Waals surface area contributed by atoms with Crippen molar-refractivity contribution < 1.29 is 19.2 Å². The lowest BCUT2D eigenvalue weighted by atomic mass is 9.95. The number of aromatic hydroxyl groups is 1. The molecule has 0 fully saturated rings. The maximum absolute atomic E-state index is 13.8. The highest BCUT2D eigenvalue weighted by Crippen LogP contribution is 2.23. The largest absolute Gasteiger partial charge is 0.508 e. The maximum Gasteiger partial charge on any atom is 0.249 e. The molecule has 0 aliphatic rings. The Morgan fingerprint density at radius 2 is 1.72 bits per heavy atom. The topological polar surface area (TPSA) is 219 Å². The molecule has 0 spiro atoms. The minimum atomic E-state index is -0.975. The third kappa shape index (κ3) is 10.5. The van der Waals surface area contributed by atoms with Gasteiger partial charge in [0.05, 0.1) is 11.9 Å². The van der Waals surface area contributed by atoms with Gasteiger partial charge in [0.2, 0.25) is 17.7 Å². The van der Waals surface area contributed by atoms with Gasteiger partial charge in [-0.3, -0.25) is 15.0 Å². The third-order valence-corrected chi connectivity index (χ3v) is 7.27. The molecule has 0 bridgehead atoms. The number of hydrogen-bond donors (Lipinski definition) is 7. The summed E-state index contributed by atoms with van der Waals surface area (Å²) in [5, 5.41) is 27.4. The van der Waals surface area contributed by atoms with Gasteiger partial charge in [0.15, 0.2) is 5.82 Å². The van der Waals surface area contributed by atoms with Gasteiger partial charge in [-0.1, -0.05) is 35.5 Å². The summed E-state index contributed by atoms with van der Waals surface area (Å²) in [5.41, 5.74) is 20.7. The fourth-order valence-corrected chi connectivity index (χ4v) is 4.91. The van der Waals surface area contributed by atoms with Crippen molar-refractivity contribution in [1.82, 2.24) is 20.8 Å². The van der Waals surface area contributed by atoms with Crippen LogP contribution in [0.15, 0.2) is 47.0 Å². The number of phenols is 1. The zero-order chi connectivity index (χ0) is 31.4. The summed E-state index contributed by atoms with van der Waals surface area (Å²) < 4.78 is 5.59. The van der Waals surface area contributed by atoms with Gasteiger partial charge in [0.25, 0.3) is 0 Å². The summed E-state index contributed by atoms with van der Waals surface area (Å²) in [4.78, 5) is 31.5. The Bertz CT molecular complexity index is 1340. The molecule has 0 aliphatic carbocycles. The first kappa shape index (κ1) is 33.2. The number of hydrogen-bond acceptors (Lipinski definition) is 9. The molecule has 3 rings (SSSR count). The number of phenolic OH excluding ortho intramolecular Hbond substituents is 1. The van der Waals surface area contributed by atoms with Gasteiger partial charge in [-0.2, -0.15) is 4.98 Å². The number of rotatable bonds is 17. The first-order valence-corrected chi connectivity index (χ1v) is 14.6. The van der Waals surface area contributed by atoms with Crippen LogP contribution in [0.4, 0.5) is 0 Å². The summed E-state index contributed by atoms with van der Waals surface area (Å²) in [6.45, 7) is 4.19. The lowest BCUT2D eigenvalue weighted by Crippen LogP contribution is -2.53. The predicted octanol–water partition coefficient (Wildman–Crippen LogP) is 2.43. The van der Waals surface area contributed by atoms with Gasteiger partial charge >= 0.3 is 0 Å². The van der Waals surface area contributed by atoms with Crippen LogP contribution in [-0.2, 0) is 22.4 Å².